The number of pyridine rings is 1. The summed E-state index contributed by atoms with van der Waals surface area (Å²) in [6, 6.07) is 10.3. The number of nitrogens with one attached hydrogen (secondary N) is 1. The van der Waals surface area contributed by atoms with Crippen LogP contribution in [0.25, 0.3) is 0 Å². The van der Waals surface area contributed by atoms with E-state index in [1.807, 2.05) is 37.5 Å². The molecule has 1 aromatic carbocycles. The predicted molar refractivity (Wildman–Crippen MR) is 75.7 cm³/mol. The topological polar surface area (TPSA) is 24.9 Å². The van der Waals surface area contributed by atoms with Crippen LogP contribution in [0.1, 0.15) is 29.7 Å². The first-order valence-corrected chi connectivity index (χ1v) is 6.43. The lowest BCUT2D eigenvalue weighted by Crippen LogP contribution is -2.18. The van der Waals surface area contributed by atoms with Crippen molar-refractivity contribution >= 4 is 11.6 Å². The van der Waals surface area contributed by atoms with E-state index in [4.69, 9.17) is 11.6 Å². The average Bonchev–Trinajstić information content (AvgIpc) is 2.37. The summed E-state index contributed by atoms with van der Waals surface area (Å²) in [5.41, 5.74) is 3.49. The summed E-state index contributed by atoms with van der Waals surface area (Å²) in [5.74, 6) is 0. The van der Waals surface area contributed by atoms with Crippen LogP contribution in [0.3, 0.4) is 0 Å². The minimum Gasteiger partial charge on any atom is -0.306 e. The molecule has 0 bridgehead atoms. The number of hydrogen-bond acceptors (Lipinski definition) is 2. The van der Waals surface area contributed by atoms with Gasteiger partial charge in [0, 0.05) is 30.0 Å². The fourth-order valence-corrected chi connectivity index (χ4v) is 2.22. The normalized spacial score (nSPS) is 12.4. The van der Waals surface area contributed by atoms with E-state index in [1.165, 1.54) is 11.1 Å². The standard InChI is InChI=1S/C15H17ClN2/c1-11-7-13(9-17-8-11)10-18-12(2)14-5-3-4-6-15(14)16/h3-9,12,18H,10H2,1-2H3/t12-/m1/s1. The highest BCUT2D eigenvalue weighted by Gasteiger charge is 2.08. The lowest BCUT2D eigenvalue weighted by Gasteiger charge is -2.15. The number of aromatic nitrogens is 1. The highest BCUT2D eigenvalue weighted by atomic mass is 35.5. The molecule has 2 rings (SSSR count). The van der Waals surface area contributed by atoms with Crippen molar-refractivity contribution in [1.82, 2.24) is 10.3 Å². The molecule has 0 saturated carbocycles. The zero-order valence-corrected chi connectivity index (χ0v) is 11.4. The Bertz CT molecular complexity index is 525. The van der Waals surface area contributed by atoms with Crippen LogP contribution in [0.15, 0.2) is 42.7 Å². The summed E-state index contributed by atoms with van der Waals surface area (Å²) in [6.45, 7) is 4.96. The van der Waals surface area contributed by atoms with Crippen LogP contribution in [-0.2, 0) is 6.54 Å². The van der Waals surface area contributed by atoms with Crippen LogP contribution in [0, 0.1) is 6.92 Å². The van der Waals surface area contributed by atoms with Gasteiger partial charge in [0.15, 0.2) is 0 Å². The van der Waals surface area contributed by atoms with E-state index in [9.17, 15) is 0 Å². The van der Waals surface area contributed by atoms with E-state index >= 15 is 0 Å². The molecule has 0 saturated heterocycles. The number of hydrogen-bond donors (Lipinski definition) is 1. The third kappa shape index (κ3) is 3.31. The third-order valence-electron chi connectivity index (χ3n) is 2.92. The van der Waals surface area contributed by atoms with Crippen molar-refractivity contribution in [2.75, 3.05) is 0 Å². The molecule has 94 valence electrons. The van der Waals surface area contributed by atoms with Gasteiger partial charge in [0.25, 0.3) is 0 Å². The average molecular weight is 261 g/mol. The molecule has 1 atom stereocenters. The van der Waals surface area contributed by atoms with Crippen molar-refractivity contribution in [2.24, 2.45) is 0 Å². The van der Waals surface area contributed by atoms with Crippen molar-refractivity contribution < 1.29 is 0 Å². The molecule has 1 heterocycles. The molecule has 0 amide bonds. The highest BCUT2D eigenvalue weighted by Crippen LogP contribution is 2.22. The Hall–Kier alpha value is -1.38. The van der Waals surface area contributed by atoms with Gasteiger partial charge in [-0.25, -0.2) is 0 Å². The molecule has 0 aliphatic carbocycles. The zero-order chi connectivity index (χ0) is 13.0. The molecular weight excluding hydrogens is 244 g/mol. The largest absolute Gasteiger partial charge is 0.306 e. The molecule has 0 unspecified atom stereocenters. The number of aryl methyl sites for hydroxylation is 1. The Morgan fingerprint density at radius 3 is 2.78 bits per heavy atom. The fourth-order valence-electron chi connectivity index (χ4n) is 1.92. The van der Waals surface area contributed by atoms with Gasteiger partial charge in [-0.15, -0.1) is 0 Å². The number of benzene rings is 1. The molecule has 0 aliphatic rings. The molecule has 1 N–H and O–H groups in total. The highest BCUT2D eigenvalue weighted by molar-refractivity contribution is 6.31. The number of nitrogens with zero attached hydrogens (tertiary/aromatic N) is 1. The first-order valence-electron chi connectivity index (χ1n) is 6.05. The van der Waals surface area contributed by atoms with Gasteiger partial charge in [-0.2, -0.15) is 0 Å². The first-order chi connectivity index (χ1) is 8.66. The maximum Gasteiger partial charge on any atom is 0.0453 e. The van der Waals surface area contributed by atoms with Crippen molar-refractivity contribution in [3.05, 3.63) is 64.4 Å². The lowest BCUT2D eigenvalue weighted by atomic mass is 10.1. The molecule has 0 fully saturated rings. The second kappa shape index (κ2) is 5.98. The molecule has 3 heteroatoms. The maximum atomic E-state index is 6.17. The van der Waals surface area contributed by atoms with Gasteiger partial charge >= 0.3 is 0 Å². The van der Waals surface area contributed by atoms with E-state index in [0.29, 0.717) is 0 Å². The summed E-state index contributed by atoms with van der Waals surface area (Å²) in [5, 5.41) is 4.26. The van der Waals surface area contributed by atoms with Crippen molar-refractivity contribution in [3.8, 4) is 0 Å². The van der Waals surface area contributed by atoms with Gasteiger partial charge in [-0.3, -0.25) is 4.98 Å². The predicted octanol–water partition coefficient (Wildman–Crippen LogP) is 3.89. The molecule has 0 radical (unpaired) electrons. The van der Waals surface area contributed by atoms with Gasteiger partial charge in [0.1, 0.15) is 0 Å². The zero-order valence-electron chi connectivity index (χ0n) is 10.7. The molecule has 2 aromatic rings. The Balaban J connectivity index is 2.00. The second-order valence-corrected chi connectivity index (χ2v) is 4.90. The summed E-state index contributed by atoms with van der Waals surface area (Å²) in [4.78, 5) is 4.19. The van der Waals surface area contributed by atoms with Gasteiger partial charge in [-0.05, 0) is 36.6 Å². The second-order valence-electron chi connectivity index (χ2n) is 4.49. The first kappa shape index (κ1) is 13.1. The Kier molecular flexibility index (Phi) is 4.34. The monoisotopic (exact) mass is 260 g/mol. The summed E-state index contributed by atoms with van der Waals surface area (Å²) < 4.78 is 0. The summed E-state index contributed by atoms with van der Waals surface area (Å²) in [7, 11) is 0. The Morgan fingerprint density at radius 2 is 2.06 bits per heavy atom. The molecule has 1 aromatic heterocycles. The quantitative estimate of drug-likeness (QED) is 0.902. The minimum atomic E-state index is 0.221. The van der Waals surface area contributed by atoms with Gasteiger partial charge in [0.2, 0.25) is 0 Å². The maximum absolute atomic E-state index is 6.17. The van der Waals surface area contributed by atoms with Crippen molar-refractivity contribution in [2.45, 2.75) is 26.4 Å². The summed E-state index contributed by atoms with van der Waals surface area (Å²) >= 11 is 6.17. The van der Waals surface area contributed by atoms with E-state index in [2.05, 4.69) is 29.4 Å². The van der Waals surface area contributed by atoms with Crippen LogP contribution in [0.5, 0.6) is 0 Å². The van der Waals surface area contributed by atoms with Crippen LogP contribution in [0.4, 0.5) is 0 Å². The van der Waals surface area contributed by atoms with E-state index < -0.39 is 0 Å². The van der Waals surface area contributed by atoms with E-state index in [1.54, 1.807) is 0 Å². The minimum absolute atomic E-state index is 0.221. The van der Waals surface area contributed by atoms with Crippen LogP contribution in [-0.4, -0.2) is 4.98 Å². The Labute approximate surface area is 113 Å². The SMILES string of the molecule is Cc1cncc(CN[C@H](C)c2ccccc2Cl)c1. The molecule has 18 heavy (non-hydrogen) atoms. The fraction of sp³-hybridized carbons (Fsp3) is 0.267. The van der Waals surface area contributed by atoms with Gasteiger partial charge < -0.3 is 5.32 Å². The molecular formula is C15H17ClN2. The van der Waals surface area contributed by atoms with Gasteiger partial charge in [-0.1, -0.05) is 35.9 Å². The lowest BCUT2D eigenvalue weighted by molar-refractivity contribution is 0.574. The van der Waals surface area contributed by atoms with Crippen molar-refractivity contribution in [3.63, 3.8) is 0 Å². The molecule has 2 nitrogen and oxygen atoms in total. The van der Waals surface area contributed by atoms with Gasteiger partial charge in [0.05, 0.1) is 0 Å². The molecule has 0 spiro atoms. The van der Waals surface area contributed by atoms with E-state index in [0.717, 1.165) is 17.1 Å². The third-order valence-corrected chi connectivity index (χ3v) is 3.26. The summed E-state index contributed by atoms with van der Waals surface area (Å²) in [6.07, 6.45) is 3.75. The van der Waals surface area contributed by atoms with Crippen LogP contribution < -0.4 is 5.32 Å². The smallest absolute Gasteiger partial charge is 0.0453 e. The number of halogens is 1. The van der Waals surface area contributed by atoms with Crippen molar-refractivity contribution in [1.29, 1.82) is 0 Å². The molecule has 0 aliphatic heterocycles. The number of rotatable bonds is 4. The van der Waals surface area contributed by atoms with E-state index in [-0.39, 0.29) is 6.04 Å². The Morgan fingerprint density at radius 1 is 1.28 bits per heavy atom. The van der Waals surface area contributed by atoms with Crippen LogP contribution >= 0.6 is 11.6 Å². The van der Waals surface area contributed by atoms with Crippen LogP contribution in [0.2, 0.25) is 5.02 Å².